The van der Waals surface area contributed by atoms with Gasteiger partial charge >= 0.3 is 5.97 Å². The number of rotatable bonds is 6. The number of hydrogen-bond acceptors (Lipinski definition) is 8. The number of nitrogens with one attached hydrogen (secondary N) is 1. The molecular formula is C21H23N5O4. The molecule has 2 aromatic rings. The molecule has 1 heterocycles. The Balaban J connectivity index is 1.95. The standard InChI is InChI=1S/C21H23N5O4/c1-3-29-21(28)17-18(23)25-19(14-6-4-5-13(9-14)11-22)26-20(17)30-16-8-7-15(10-16)24-12(2)27/h4-6,9,15-16H,3,7-8,10H2,1-2H3,(H,24,27)(H2,23,25,26)/t15-,16+/m0/s1. The first kappa shape index (κ1) is 21.0. The van der Waals surface area contributed by atoms with E-state index in [4.69, 9.17) is 20.5 Å². The monoisotopic (exact) mass is 409 g/mol. The van der Waals surface area contributed by atoms with Crippen LogP contribution < -0.4 is 15.8 Å². The maximum absolute atomic E-state index is 12.5. The van der Waals surface area contributed by atoms with E-state index in [1.165, 1.54) is 6.92 Å². The van der Waals surface area contributed by atoms with E-state index in [9.17, 15) is 9.59 Å². The van der Waals surface area contributed by atoms with Gasteiger partial charge in [-0.25, -0.2) is 9.78 Å². The number of amides is 1. The number of ether oxygens (including phenoxy) is 2. The Morgan fingerprint density at radius 2 is 2.13 bits per heavy atom. The lowest BCUT2D eigenvalue weighted by molar-refractivity contribution is -0.119. The van der Waals surface area contributed by atoms with Crippen LogP contribution in [0.2, 0.25) is 0 Å². The van der Waals surface area contributed by atoms with Crippen LogP contribution in [0.1, 0.15) is 49.0 Å². The van der Waals surface area contributed by atoms with Crippen LogP contribution >= 0.6 is 0 Å². The molecule has 1 aromatic carbocycles. The van der Waals surface area contributed by atoms with Crippen LogP contribution in [0.4, 0.5) is 5.82 Å². The minimum atomic E-state index is -0.668. The zero-order valence-electron chi connectivity index (χ0n) is 16.8. The Morgan fingerprint density at radius 1 is 1.33 bits per heavy atom. The highest BCUT2D eigenvalue weighted by Crippen LogP contribution is 2.31. The van der Waals surface area contributed by atoms with Gasteiger partial charge in [0.15, 0.2) is 11.4 Å². The first-order valence-corrected chi connectivity index (χ1v) is 9.70. The molecule has 9 heteroatoms. The van der Waals surface area contributed by atoms with Gasteiger partial charge in [-0.2, -0.15) is 10.2 Å². The molecule has 1 fully saturated rings. The molecule has 0 spiro atoms. The van der Waals surface area contributed by atoms with Crippen molar-refractivity contribution >= 4 is 17.7 Å². The minimum absolute atomic E-state index is 0.00417. The number of carbonyl (C=O) groups excluding carboxylic acids is 2. The van der Waals surface area contributed by atoms with Gasteiger partial charge in [0.05, 0.1) is 18.2 Å². The Morgan fingerprint density at radius 3 is 2.83 bits per heavy atom. The average molecular weight is 409 g/mol. The number of nitrogen functional groups attached to an aromatic ring is 1. The molecule has 1 aliphatic carbocycles. The molecule has 1 aromatic heterocycles. The fraction of sp³-hybridized carbons (Fsp3) is 0.381. The predicted octanol–water partition coefficient (Wildman–Crippen LogP) is 2.21. The summed E-state index contributed by atoms with van der Waals surface area (Å²) in [6.45, 7) is 3.32. The van der Waals surface area contributed by atoms with Crippen molar-refractivity contribution in [3.63, 3.8) is 0 Å². The maximum atomic E-state index is 12.5. The Hall–Kier alpha value is -3.67. The van der Waals surface area contributed by atoms with Gasteiger partial charge < -0.3 is 20.5 Å². The van der Waals surface area contributed by atoms with Crippen molar-refractivity contribution in [1.82, 2.24) is 15.3 Å². The van der Waals surface area contributed by atoms with Crippen LogP contribution in [-0.4, -0.2) is 40.6 Å². The van der Waals surface area contributed by atoms with Crippen LogP contribution in [0.5, 0.6) is 5.88 Å². The van der Waals surface area contributed by atoms with Gasteiger partial charge in [0.2, 0.25) is 11.8 Å². The highest BCUT2D eigenvalue weighted by molar-refractivity contribution is 5.97. The average Bonchev–Trinajstić information content (AvgIpc) is 3.13. The van der Waals surface area contributed by atoms with Gasteiger partial charge in [-0.15, -0.1) is 0 Å². The van der Waals surface area contributed by atoms with Gasteiger partial charge in [0, 0.05) is 24.9 Å². The van der Waals surface area contributed by atoms with E-state index < -0.39 is 5.97 Å². The molecule has 0 unspecified atom stereocenters. The van der Waals surface area contributed by atoms with Gasteiger partial charge in [-0.1, -0.05) is 12.1 Å². The summed E-state index contributed by atoms with van der Waals surface area (Å²) >= 11 is 0. The second kappa shape index (κ2) is 9.22. The number of nitrogens with zero attached hydrogens (tertiary/aromatic N) is 3. The van der Waals surface area contributed by atoms with Gasteiger partial charge in [-0.3, -0.25) is 4.79 Å². The molecule has 1 aliphatic rings. The number of esters is 1. The van der Waals surface area contributed by atoms with E-state index in [1.54, 1.807) is 31.2 Å². The third kappa shape index (κ3) is 4.84. The van der Waals surface area contributed by atoms with Crippen molar-refractivity contribution in [3.05, 3.63) is 35.4 Å². The zero-order chi connectivity index (χ0) is 21.7. The van der Waals surface area contributed by atoms with E-state index in [0.717, 1.165) is 6.42 Å². The third-order valence-corrected chi connectivity index (χ3v) is 4.70. The summed E-state index contributed by atoms with van der Waals surface area (Å²) in [5.41, 5.74) is 7.06. The third-order valence-electron chi connectivity index (χ3n) is 4.70. The van der Waals surface area contributed by atoms with Gasteiger partial charge in [-0.05, 0) is 31.9 Å². The molecule has 0 aliphatic heterocycles. The fourth-order valence-electron chi connectivity index (χ4n) is 3.42. The van der Waals surface area contributed by atoms with E-state index >= 15 is 0 Å². The number of carbonyl (C=O) groups is 2. The van der Waals surface area contributed by atoms with Crippen LogP contribution in [-0.2, 0) is 9.53 Å². The Kier molecular flexibility index (Phi) is 6.47. The fourth-order valence-corrected chi connectivity index (χ4v) is 3.42. The van der Waals surface area contributed by atoms with Crippen molar-refractivity contribution in [2.45, 2.75) is 45.3 Å². The summed E-state index contributed by atoms with van der Waals surface area (Å²) in [6, 6.07) is 8.82. The summed E-state index contributed by atoms with van der Waals surface area (Å²) in [7, 11) is 0. The normalized spacial score (nSPS) is 17.8. The highest BCUT2D eigenvalue weighted by atomic mass is 16.5. The second-order valence-corrected chi connectivity index (χ2v) is 6.98. The quantitative estimate of drug-likeness (QED) is 0.692. The smallest absolute Gasteiger partial charge is 0.347 e. The molecule has 30 heavy (non-hydrogen) atoms. The van der Waals surface area contributed by atoms with Crippen molar-refractivity contribution < 1.29 is 19.1 Å². The summed E-state index contributed by atoms with van der Waals surface area (Å²) in [6.07, 6.45) is 1.79. The van der Waals surface area contributed by atoms with Gasteiger partial charge in [0.25, 0.3) is 0 Å². The zero-order valence-corrected chi connectivity index (χ0v) is 16.8. The second-order valence-electron chi connectivity index (χ2n) is 6.98. The lowest BCUT2D eigenvalue weighted by Crippen LogP contribution is -2.31. The van der Waals surface area contributed by atoms with E-state index in [2.05, 4.69) is 21.4 Å². The SMILES string of the molecule is CCOC(=O)c1c(N)nc(-c2cccc(C#N)c2)nc1O[C@@H]1CC[C@H](NC(C)=O)C1. The largest absolute Gasteiger partial charge is 0.474 e. The Bertz CT molecular complexity index is 1000. The summed E-state index contributed by atoms with van der Waals surface area (Å²) in [5.74, 6) is -0.555. The maximum Gasteiger partial charge on any atom is 0.347 e. The van der Waals surface area contributed by atoms with Crippen molar-refractivity contribution in [2.24, 2.45) is 0 Å². The molecule has 0 saturated heterocycles. The number of nitrogens with two attached hydrogens (primary N) is 1. The molecule has 2 atom stereocenters. The van der Waals surface area contributed by atoms with E-state index in [1.807, 2.05) is 0 Å². The summed E-state index contributed by atoms with van der Waals surface area (Å²) in [4.78, 5) is 32.4. The number of hydrogen-bond donors (Lipinski definition) is 2. The van der Waals surface area contributed by atoms with Gasteiger partial charge in [0.1, 0.15) is 11.9 Å². The molecular weight excluding hydrogens is 386 g/mol. The summed E-state index contributed by atoms with van der Waals surface area (Å²) in [5, 5.41) is 12.0. The van der Waals surface area contributed by atoms with Crippen molar-refractivity contribution in [2.75, 3.05) is 12.3 Å². The highest BCUT2D eigenvalue weighted by Gasteiger charge is 2.30. The molecule has 156 valence electrons. The molecule has 0 bridgehead atoms. The van der Waals surface area contributed by atoms with Crippen LogP contribution in [0.15, 0.2) is 24.3 Å². The van der Waals surface area contributed by atoms with Crippen molar-refractivity contribution in [3.8, 4) is 23.3 Å². The van der Waals surface area contributed by atoms with Crippen LogP contribution in [0.25, 0.3) is 11.4 Å². The van der Waals surface area contributed by atoms with Crippen molar-refractivity contribution in [1.29, 1.82) is 5.26 Å². The lowest BCUT2D eigenvalue weighted by atomic mass is 10.1. The predicted molar refractivity (Wildman–Crippen MR) is 108 cm³/mol. The molecule has 3 rings (SSSR count). The molecule has 0 radical (unpaired) electrons. The van der Waals surface area contributed by atoms with Crippen LogP contribution in [0.3, 0.4) is 0 Å². The molecule has 3 N–H and O–H groups in total. The van der Waals surface area contributed by atoms with E-state index in [0.29, 0.717) is 24.0 Å². The number of nitriles is 1. The topological polar surface area (TPSA) is 140 Å². The first-order chi connectivity index (χ1) is 14.4. The Labute approximate surface area is 174 Å². The number of benzene rings is 1. The summed E-state index contributed by atoms with van der Waals surface area (Å²) < 4.78 is 11.1. The molecule has 9 nitrogen and oxygen atoms in total. The number of aromatic nitrogens is 2. The lowest BCUT2D eigenvalue weighted by Gasteiger charge is -2.17. The van der Waals surface area contributed by atoms with Crippen LogP contribution in [0, 0.1) is 11.3 Å². The molecule has 1 amide bonds. The minimum Gasteiger partial charge on any atom is -0.474 e. The number of anilines is 1. The molecule has 1 saturated carbocycles. The first-order valence-electron chi connectivity index (χ1n) is 9.70. The van der Waals surface area contributed by atoms with E-state index in [-0.39, 0.29) is 47.7 Å².